The minimum Gasteiger partial charge on any atom is -0.131 e. The minimum absolute atomic E-state index is 0.890. The van der Waals surface area contributed by atoms with Crippen LogP contribution in [0.25, 0.3) is 0 Å². The van der Waals surface area contributed by atoms with Crippen LogP contribution in [0, 0.1) is 0 Å². The Hall–Kier alpha value is 1.05. The summed E-state index contributed by atoms with van der Waals surface area (Å²) in [6, 6.07) is 0. The maximum Gasteiger partial charge on any atom is 0.0617 e. The van der Waals surface area contributed by atoms with Crippen molar-refractivity contribution in [3.8, 4) is 0 Å². The van der Waals surface area contributed by atoms with E-state index in [0.717, 1.165) is 9.16 Å². The highest BCUT2D eigenvalue weighted by Crippen LogP contribution is 2.53. The van der Waals surface area contributed by atoms with Gasteiger partial charge in [0.05, 0.1) is 9.16 Å². The molecule has 0 unspecified atom stereocenters. The minimum atomic E-state index is 0.890. The summed E-state index contributed by atoms with van der Waals surface area (Å²) in [5.41, 5.74) is 0. The van der Waals surface area contributed by atoms with Crippen molar-refractivity contribution < 1.29 is 0 Å². The molecule has 1 fully saturated rings. The molecular formula is C8H16S3. The van der Waals surface area contributed by atoms with Crippen molar-refractivity contribution in [1.82, 2.24) is 0 Å². The second kappa shape index (κ2) is 5.65. The molecule has 0 nitrogen and oxygen atoms in total. The summed E-state index contributed by atoms with van der Waals surface area (Å²) in [6.07, 6.45) is 5.46. The molecule has 0 aromatic carbocycles. The average Bonchev–Trinajstić information content (AvgIpc) is 2.38. The Balaban J connectivity index is 2.12. The molecular weight excluding hydrogens is 192 g/mol. The first-order chi connectivity index (χ1) is 5.36. The zero-order chi connectivity index (χ0) is 8.10. The van der Waals surface area contributed by atoms with Gasteiger partial charge in [-0.25, -0.2) is 0 Å². The number of hydrogen-bond donors (Lipinski definition) is 0. The van der Waals surface area contributed by atoms with E-state index in [9.17, 15) is 0 Å². The smallest absolute Gasteiger partial charge is 0.0617 e. The predicted molar refractivity (Wildman–Crippen MR) is 60.2 cm³/mol. The number of hydrogen-bond acceptors (Lipinski definition) is 3. The van der Waals surface area contributed by atoms with Crippen LogP contribution in [0.1, 0.15) is 39.5 Å². The normalized spacial score (nSPS) is 31.1. The standard InChI is InChI=1S/C8H16S3/c1-3-5-7-9-8(6-4-2)11-10-7/h7-8H,3-6H2,1-2H3/t7-,8+. The van der Waals surface area contributed by atoms with Crippen LogP contribution in [-0.4, -0.2) is 9.16 Å². The molecule has 3 heteroatoms. The molecule has 1 heterocycles. The molecule has 0 aliphatic carbocycles. The summed E-state index contributed by atoms with van der Waals surface area (Å²) in [6.45, 7) is 4.55. The van der Waals surface area contributed by atoms with Crippen LogP contribution in [0.2, 0.25) is 0 Å². The zero-order valence-electron chi connectivity index (χ0n) is 7.21. The predicted octanol–water partition coefficient (Wildman–Crippen LogP) is 4.37. The third-order valence-electron chi connectivity index (χ3n) is 1.62. The summed E-state index contributed by atoms with van der Waals surface area (Å²) in [4.78, 5) is 0. The van der Waals surface area contributed by atoms with Crippen molar-refractivity contribution in [3.05, 3.63) is 0 Å². The molecule has 2 atom stereocenters. The van der Waals surface area contributed by atoms with Crippen LogP contribution < -0.4 is 0 Å². The van der Waals surface area contributed by atoms with E-state index >= 15 is 0 Å². The molecule has 0 saturated carbocycles. The Morgan fingerprint density at radius 3 is 1.73 bits per heavy atom. The topological polar surface area (TPSA) is 0 Å². The van der Waals surface area contributed by atoms with Crippen molar-refractivity contribution >= 4 is 33.3 Å². The lowest BCUT2D eigenvalue weighted by molar-refractivity contribution is 0.855. The monoisotopic (exact) mass is 208 g/mol. The molecule has 11 heavy (non-hydrogen) atoms. The summed E-state index contributed by atoms with van der Waals surface area (Å²) in [5, 5.41) is 0. The van der Waals surface area contributed by atoms with Gasteiger partial charge in [0, 0.05) is 0 Å². The summed E-state index contributed by atoms with van der Waals surface area (Å²) in [7, 11) is 4.19. The fourth-order valence-corrected chi connectivity index (χ4v) is 7.37. The zero-order valence-corrected chi connectivity index (χ0v) is 9.66. The third-order valence-corrected chi connectivity index (χ3v) is 7.41. The van der Waals surface area contributed by atoms with E-state index in [0.29, 0.717) is 0 Å². The van der Waals surface area contributed by atoms with Gasteiger partial charge in [0.2, 0.25) is 0 Å². The van der Waals surface area contributed by atoms with Crippen molar-refractivity contribution in [3.63, 3.8) is 0 Å². The van der Waals surface area contributed by atoms with Gasteiger partial charge in [-0.1, -0.05) is 48.3 Å². The Kier molecular flexibility index (Phi) is 5.21. The molecule has 0 radical (unpaired) electrons. The van der Waals surface area contributed by atoms with E-state index in [-0.39, 0.29) is 0 Å². The SMILES string of the molecule is CCC[C@@H]1SS[C@H](CCC)S1. The van der Waals surface area contributed by atoms with Gasteiger partial charge in [-0.05, 0) is 12.8 Å². The van der Waals surface area contributed by atoms with E-state index in [1.807, 2.05) is 0 Å². The Labute approximate surface area is 82.1 Å². The van der Waals surface area contributed by atoms with Crippen LogP contribution in [-0.2, 0) is 0 Å². The summed E-state index contributed by atoms with van der Waals surface area (Å²) >= 11 is 2.19. The molecule has 0 amide bonds. The number of rotatable bonds is 4. The van der Waals surface area contributed by atoms with E-state index in [1.165, 1.54) is 25.7 Å². The van der Waals surface area contributed by atoms with Crippen LogP contribution >= 0.6 is 33.3 Å². The number of thioether (sulfide) groups is 1. The Morgan fingerprint density at radius 2 is 1.36 bits per heavy atom. The Morgan fingerprint density at radius 1 is 0.909 bits per heavy atom. The van der Waals surface area contributed by atoms with E-state index in [2.05, 4.69) is 47.2 Å². The molecule has 0 bridgehead atoms. The van der Waals surface area contributed by atoms with E-state index < -0.39 is 0 Å². The molecule has 1 aliphatic heterocycles. The molecule has 0 aromatic heterocycles. The van der Waals surface area contributed by atoms with Crippen molar-refractivity contribution in [1.29, 1.82) is 0 Å². The third kappa shape index (κ3) is 3.51. The summed E-state index contributed by atoms with van der Waals surface area (Å²) in [5.74, 6) is 0. The fraction of sp³-hybridized carbons (Fsp3) is 1.00. The van der Waals surface area contributed by atoms with Crippen molar-refractivity contribution in [2.75, 3.05) is 0 Å². The summed E-state index contributed by atoms with van der Waals surface area (Å²) < 4.78 is 1.78. The van der Waals surface area contributed by atoms with Crippen LogP contribution in [0.5, 0.6) is 0 Å². The maximum atomic E-state index is 2.28. The second-order valence-corrected chi connectivity index (χ2v) is 7.45. The first-order valence-corrected chi connectivity index (χ1v) is 7.56. The van der Waals surface area contributed by atoms with Crippen LogP contribution in [0.4, 0.5) is 0 Å². The lowest BCUT2D eigenvalue weighted by Gasteiger charge is -2.05. The molecule has 0 aromatic rings. The van der Waals surface area contributed by atoms with Gasteiger partial charge in [0.1, 0.15) is 0 Å². The van der Waals surface area contributed by atoms with Crippen LogP contribution in [0.15, 0.2) is 0 Å². The maximum absolute atomic E-state index is 2.28. The van der Waals surface area contributed by atoms with Crippen molar-refractivity contribution in [2.45, 2.75) is 48.7 Å². The molecule has 0 N–H and O–H groups in total. The lowest BCUT2D eigenvalue weighted by atomic mass is 10.4. The van der Waals surface area contributed by atoms with Crippen molar-refractivity contribution in [2.24, 2.45) is 0 Å². The highest BCUT2D eigenvalue weighted by Gasteiger charge is 2.25. The highest BCUT2D eigenvalue weighted by atomic mass is 33.1. The van der Waals surface area contributed by atoms with Crippen LogP contribution in [0.3, 0.4) is 0 Å². The quantitative estimate of drug-likeness (QED) is 0.630. The van der Waals surface area contributed by atoms with E-state index in [4.69, 9.17) is 0 Å². The first-order valence-electron chi connectivity index (χ1n) is 4.34. The largest absolute Gasteiger partial charge is 0.131 e. The van der Waals surface area contributed by atoms with Gasteiger partial charge in [-0.3, -0.25) is 0 Å². The average molecular weight is 208 g/mol. The van der Waals surface area contributed by atoms with Gasteiger partial charge >= 0.3 is 0 Å². The molecule has 1 aliphatic rings. The highest BCUT2D eigenvalue weighted by molar-refractivity contribution is 8.82. The van der Waals surface area contributed by atoms with Gasteiger partial charge in [-0.2, -0.15) is 0 Å². The van der Waals surface area contributed by atoms with Gasteiger partial charge in [0.25, 0.3) is 0 Å². The van der Waals surface area contributed by atoms with Gasteiger partial charge in [0.15, 0.2) is 0 Å². The second-order valence-electron chi connectivity index (χ2n) is 2.76. The lowest BCUT2D eigenvalue weighted by Crippen LogP contribution is -1.94. The molecule has 0 spiro atoms. The van der Waals surface area contributed by atoms with Gasteiger partial charge in [-0.15, -0.1) is 11.8 Å². The molecule has 1 saturated heterocycles. The first kappa shape index (κ1) is 10.1. The fourth-order valence-electron chi connectivity index (χ4n) is 1.04. The molecule has 66 valence electrons. The van der Waals surface area contributed by atoms with E-state index in [1.54, 1.807) is 0 Å². The van der Waals surface area contributed by atoms with Gasteiger partial charge < -0.3 is 0 Å². The Bertz CT molecular complexity index is 93.5. The molecule has 1 rings (SSSR count).